The summed E-state index contributed by atoms with van der Waals surface area (Å²) in [5.41, 5.74) is 2.39. The number of fused-ring (bicyclic) bond motifs is 1. The quantitative estimate of drug-likeness (QED) is 0.722. The number of aryl methyl sites for hydroxylation is 1. The molecule has 3 N–H and O–H groups in total. The van der Waals surface area contributed by atoms with Gasteiger partial charge in [-0.2, -0.15) is 0 Å². The van der Waals surface area contributed by atoms with Crippen LogP contribution < -0.4 is 10.6 Å². The molecule has 1 saturated heterocycles. The van der Waals surface area contributed by atoms with Crippen molar-refractivity contribution in [3.8, 4) is 0 Å². The molecule has 1 fully saturated rings. The van der Waals surface area contributed by atoms with Gasteiger partial charge < -0.3 is 20.6 Å². The molecule has 0 saturated carbocycles. The lowest BCUT2D eigenvalue weighted by Crippen LogP contribution is -2.37. The summed E-state index contributed by atoms with van der Waals surface area (Å²) < 4.78 is 0. The van der Waals surface area contributed by atoms with Gasteiger partial charge in [0.15, 0.2) is 0 Å². The fourth-order valence-corrected chi connectivity index (χ4v) is 3.80. The molecule has 6 nitrogen and oxygen atoms in total. The highest BCUT2D eigenvalue weighted by Crippen LogP contribution is 2.20. The van der Waals surface area contributed by atoms with Gasteiger partial charge in [0.05, 0.1) is 11.8 Å². The maximum Gasteiger partial charge on any atom is 0.133 e. The van der Waals surface area contributed by atoms with Gasteiger partial charge in [0, 0.05) is 38.0 Å². The highest BCUT2D eigenvalue weighted by Gasteiger charge is 2.18. The Balaban J connectivity index is 1.61. The van der Waals surface area contributed by atoms with Gasteiger partial charge in [0.2, 0.25) is 0 Å². The number of aliphatic hydroxyl groups excluding tert-OH is 1. The SMILES string of the molecule is CCc1nc2c(c(NCC(O)CN3CCCCCC3)n1)CCNCC2. The largest absolute Gasteiger partial charge is 0.390 e. The molecule has 0 spiro atoms. The average Bonchev–Trinajstić information content (AvgIpc) is 3.02. The Morgan fingerprint density at radius 2 is 1.88 bits per heavy atom. The van der Waals surface area contributed by atoms with Crippen molar-refractivity contribution >= 4 is 5.82 Å². The van der Waals surface area contributed by atoms with Gasteiger partial charge in [0.25, 0.3) is 0 Å². The van der Waals surface area contributed by atoms with E-state index in [-0.39, 0.29) is 6.10 Å². The first-order chi connectivity index (χ1) is 12.3. The summed E-state index contributed by atoms with van der Waals surface area (Å²) in [5.74, 6) is 1.82. The fraction of sp³-hybridized carbons (Fsp3) is 0.789. The van der Waals surface area contributed by atoms with E-state index in [1.807, 2.05) is 0 Å². The van der Waals surface area contributed by atoms with E-state index < -0.39 is 0 Å². The van der Waals surface area contributed by atoms with Gasteiger partial charge in [-0.25, -0.2) is 9.97 Å². The zero-order valence-electron chi connectivity index (χ0n) is 15.6. The summed E-state index contributed by atoms with van der Waals surface area (Å²) in [6.45, 7) is 7.57. The van der Waals surface area contributed by atoms with Crippen molar-refractivity contribution in [1.29, 1.82) is 0 Å². The highest BCUT2D eigenvalue weighted by molar-refractivity contribution is 5.47. The Morgan fingerprint density at radius 1 is 1.12 bits per heavy atom. The smallest absolute Gasteiger partial charge is 0.133 e. The summed E-state index contributed by atoms with van der Waals surface area (Å²) >= 11 is 0. The molecule has 0 amide bonds. The lowest BCUT2D eigenvalue weighted by Gasteiger charge is -2.24. The average molecular weight is 348 g/mol. The van der Waals surface area contributed by atoms with Crippen LogP contribution in [0.15, 0.2) is 0 Å². The Kier molecular flexibility index (Phi) is 7.02. The Labute approximate surface area is 151 Å². The Morgan fingerprint density at radius 3 is 2.64 bits per heavy atom. The van der Waals surface area contributed by atoms with Gasteiger partial charge in [-0.3, -0.25) is 0 Å². The second-order valence-electron chi connectivity index (χ2n) is 7.27. The minimum Gasteiger partial charge on any atom is -0.390 e. The van der Waals surface area contributed by atoms with Gasteiger partial charge in [-0.05, 0) is 38.9 Å². The van der Waals surface area contributed by atoms with E-state index in [0.29, 0.717) is 6.54 Å². The van der Waals surface area contributed by atoms with E-state index in [9.17, 15) is 5.11 Å². The molecular weight excluding hydrogens is 314 g/mol. The lowest BCUT2D eigenvalue weighted by molar-refractivity contribution is 0.124. The van der Waals surface area contributed by atoms with Crippen LogP contribution in [0.4, 0.5) is 5.82 Å². The summed E-state index contributed by atoms with van der Waals surface area (Å²) in [7, 11) is 0. The number of likely N-dealkylation sites (tertiary alicyclic amines) is 1. The maximum absolute atomic E-state index is 10.5. The standard InChI is InChI=1S/C19H33N5O/c1-2-18-22-17-8-10-20-9-7-16(17)19(23-18)21-13-15(25)14-24-11-5-3-4-6-12-24/h15,20,25H,2-14H2,1H3,(H,21,22,23). The number of aromatic nitrogens is 2. The molecule has 3 rings (SSSR count). The molecule has 25 heavy (non-hydrogen) atoms. The van der Waals surface area contributed by atoms with Crippen molar-refractivity contribution in [3.63, 3.8) is 0 Å². The van der Waals surface area contributed by atoms with E-state index >= 15 is 0 Å². The van der Waals surface area contributed by atoms with Crippen LogP contribution >= 0.6 is 0 Å². The third kappa shape index (κ3) is 5.36. The molecule has 3 heterocycles. The zero-order valence-corrected chi connectivity index (χ0v) is 15.6. The molecule has 0 aromatic carbocycles. The van der Waals surface area contributed by atoms with Crippen LogP contribution in [0, 0.1) is 0 Å². The molecule has 6 heteroatoms. The number of anilines is 1. The van der Waals surface area contributed by atoms with E-state index in [2.05, 4.69) is 22.5 Å². The molecule has 0 radical (unpaired) electrons. The third-order valence-corrected chi connectivity index (χ3v) is 5.22. The molecular formula is C19H33N5O. The normalized spacial score (nSPS) is 20.4. The van der Waals surface area contributed by atoms with Crippen molar-refractivity contribution in [2.24, 2.45) is 0 Å². The van der Waals surface area contributed by atoms with Crippen molar-refractivity contribution in [2.45, 2.75) is 58.0 Å². The van der Waals surface area contributed by atoms with E-state index in [1.165, 1.54) is 36.9 Å². The predicted octanol–water partition coefficient (Wildman–Crippen LogP) is 1.38. The van der Waals surface area contributed by atoms with Crippen LogP contribution in [0.3, 0.4) is 0 Å². The number of hydrogen-bond donors (Lipinski definition) is 3. The summed E-state index contributed by atoms with van der Waals surface area (Å²) in [6.07, 6.45) is 7.54. The monoisotopic (exact) mass is 347 g/mol. The minimum absolute atomic E-state index is 0.363. The minimum atomic E-state index is -0.363. The Hall–Kier alpha value is -1.24. The first-order valence-electron chi connectivity index (χ1n) is 10.00. The molecule has 140 valence electrons. The van der Waals surface area contributed by atoms with Gasteiger partial charge in [-0.15, -0.1) is 0 Å². The fourth-order valence-electron chi connectivity index (χ4n) is 3.80. The van der Waals surface area contributed by atoms with Gasteiger partial charge >= 0.3 is 0 Å². The number of nitrogens with zero attached hydrogens (tertiary/aromatic N) is 3. The van der Waals surface area contributed by atoms with Crippen molar-refractivity contribution in [3.05, 3.63) is 17.1 Å². The second-order valence-corrected chi connectivity index (χ2v) is 7.27. The first kappa shape index (κ1) is 18.5. The van der Waals surface area contributed by atoms with E-state index in [1.54, 1.807) is 0 Å². The molecule has 1 unspecified atom stereocenters. The third-order valence-electron chi connectivity index (χ3n) is 5.22. The zero-order chi connectivity index (χ0) is 17.5. The van der Waals surface area contributed by atoms with Crippen LogP contribution in [0.25, 0.3) is 0 Å². The van der Waals surface area contributed by atoms with Crippen molar-refractivity contribution in [2.75, 3.05) is 44.6 Å². The summed E-state index contributed by atoms with van der Waals surface area (Å²) in [4.78, 5) is 11.8. The molecule has 2 aliphatic rings. The number of rotatable bonds is 6. The van der Waals surface area contributed by atoms with Crippen LogP contribution in [0.1, 0.15) is 49.7 Å². The topological polar surface area (TPSA) is 73.3 Å². The highest BCUT2D eigenvalue weighted by atomic mass is 16.3. The number of aliphatic hydroxyl groups is 1. The van der Waals surface area contributed by atoms with Crippen LogP contribution in [-0.4, -0.2) is 65.3 Å². The Bertz CT molecular complexity index is 543. The summed E-state index contributed by atoms with van der Waals surface area (Å²) in [5, 5.41) is 17.3. The molecule has 1 atom stereocenters. The molecule has 1 aromatic heterocycles. The van der Waals surface area contributed by atoms with Crippen LogP contribution in [0.5, 0.6) is 0 Å². The second kappa shape index (κ2) is 9.46. The van der Waals surface area contributed by atoms with Crippen LogP contribution in [0.2, 0.25) is 0 Å². The van der Waals surface area contributed by atoms with Crippen LogP contribution in [-0.2, 0) is 19.3 Å². The van der Waals surface area contributed by atoms with E-state index in [4.69, 9.17) is 9.97 Å². The summed E-state index contributed by atoms with van der Waals surface area (Å²) in [6, 6.07) is 0. The molecule has 1 aromatic rings. The maximum atomic E-state index is 10.5. The predicted molar refractivity (Wildman–Crippen MR) is 101 cm³/mol. The number of β-amino-alcohol motifs (C(OH)–C–C–N with tert-alkyl or cyclic N) is 1. The molecule has 0 bridgehead atoms. The van der Waals surface area contributed by atoms with Gasteiger partial charge in [0.1, 0.15) is 11.6 Å². The molecule has 2 aliphatic heterocycles. The first-order valence-corrected chi connectivity index (χ1v) is 10.00. The van der Waals surface area contributed by atoms with Gasteiger partial charge in [-0.1, -0.05) is 19.8 Å². The molecule has 0 aliphatic carbocycles. The lowest BCUT2D eigenvalue weighted by atomic mass is 10.1. The van der Waals surface area contributed by atoms with E-state index in [0.717, 1.165) is 63.6 Å². The van der Waals surface area contributed by atoms with Crippen molar-refractivity contribution < 1.29 is 5.11 Å². The number of nitrogens with one attached hydrogen (secondary N) is 2. The number of hydrogen-bond acceptors (Lipinski definition) is 6. The van der Waals surface area contributed by atoms with Crippen molar-refractivity contribution in [1.82, 2.24) is 20.2 Å².